The van der Waals surface area contributed by atoms with Crippen molar-refractivity contribution in [3.8, 4) is 0 Å². The third-order valence-electron chi connectivity index (χ3n) is 0.718. The quantitative estimate of drug-likeness (QED) is 0.405. The van der Waals surface area contributed by atoms with Crippen LogP contribution in [0.25, 0.3) is 0 Å². The number of methoxy groups -OCH3 is 1. The zero-order valence-electron chi connectivity index (χ0n) is 5.42. The third-order valence-corrected chi connectivity index (χ3v) is 1.29. The van der Waals surface area contributed by atoms with Crippen molar-refractivity contribution in [1.82, 2.24) is 0 Å². The number of hydrogen-bond acceptors (Lipinski definition) is 4. The lowest BCUT2D eigenvalue weighted by molar-refractivity contribution is -0.132. The van der Waals surface area contributed by atoms with Crippen molar-refractivity contribution < 1.29 is 13.7 Å². The largest absolute Gasteiger partial charge is 0.465 e. The van der Waals surface area contributed by atoms with E-state index in [1.165, 1.54) is 0 Å². The summed E-state index contributed by atoms with van der Waals surface area (Å²) in [6.45, 7) is 0. The van der Waals surface area contributed by atoms with Gasteiger partial charge in [-0.1, -0.05) is 0 Å². The second-order valence-electron chi connectivity index (χ2n) is 1.50. The Kier molecular flexibility index (Phi) is 3.82. The molecule has 5 nitrogen and oxygen atoms in total. The Labute approximate surface area is 60.6 Å². The fourth-order valence-electron chi connectivity index (χ4n) is 0.324. The van der Waals surface area contributed by atoms with Crippen LogP contribution < -0.4 is 5.14 Å². The van der Waals surface area contributed by atoms with E-state index in [1.54, 1.807) is 0 Å². The Morgan fingerprint density at radius 1 is 1.80 bits per heavy atom. The molecule has 0 saturated heterocycles. The minimum absolute atomic E-state index is 0.257. The van der Waals surface area contributed by atoms with Crippen molar-refractivity contribution in [2.45, 2.75) is 0 Å². The van der Waals surface area contributed by atoms with E-state index in [2.05, 4.69) is 4.74 Å². The zero-order valence-corrected chi connectivity index (χ0v) is 6.23. The van der Waals surface area contributed by atoms with E-state index >= 15 is 0 Å². The summed E-state index contributed by atoms with van der Waals surface area (Å²) in [5.41, 5.74) is -0.372. The molecule has 0 amide bonds. The lowest BCUT2D eigenvalue weighted by Gasteiger charge is -1.96. The van der Waals surface area contributed by atoms with Crippen LogP contribution in [0.4, 0.5) is 0 Å². The SMILES string of the molecule is COC(=O)C(=N)CS(N)=O. The number of carbonyl (C=O) groups excluding carboxylic acids is 1. The Hall–Kier alpha value is -0.750. The van der Waals surface area contributed by atoms with Gasteiger partial charge in [0.2, 0.25) is 0 Å². The van der Waals surface area contributed by atoms with E-state index < -0.39 is 17.0 Å². The molecule has 1 atom stereocenters. The molecule has 0 fully saturated rings. The van der Waals surface area contributed by atoms with Crippen LogP contribution in [-0.4, -0.2) is 28.8 Å². The lowest BCUT2D eigenvalue weighted by Crippen LogP contribution is -2.24. The molecule has 0 rings (SSSR count). The van der Waals surface area contributed by atoms with Gasteiger partial charge in [-0.3, -0.25) is 10.5 Å². The molecule has 58 valence electrons. The van der Waals surface area contributed by atoms with Gasteiger partial charge in [0, 0.05) is 0 Å². The molecule has 0 bridgehead atoms. The molecule has 0 aromatic rings. The Bertz CT molecular complexity index is 179. The average molecular weight is 164 g/mol. The number of rotatable bonds is 3. The predicted octanol–water partition coefficient (Wildman–Crippen LogP) is -1.20. The van der Waals surface area contributed by atoms with E-state index in [1.807, 2.05) is 0 Å². The topological polar surface area (TPSA) is 93.2 Å². The van der Waals surface area contributed by atoms with Gasteiger partial charge in [-0.05, 0) is 0 Å². The number of nitrogens with two attached hydrogens (primary N) is 1. The molecular weight excluding hydrogens is 156 g/mol. The first-order valence-electron chi connectivity index (χ1n) is 2.36. The highest BCUT2D eigenvalue weighted by Crippen LogP contribution is 1.80. The molecule has 3 N–H and O–H groups in total. The van der Waals surface area contributed by atoms with Crippen LogP contribution in [0.5, 0.6) is 0 Å². The molecule has 0 saturated carbocycles. The smallest absolute Gasteiger partial charge is 0.352 e. The standard InChI is InChI=1S/C4H8N2O3S/c1-9-4(7)3(5)2-10(6)8/h5H,2,6H2,1H3. The fourth-order valence-corrected chi connectivity index (χ4v) is 0.727. The molecule has 0 aliphatic carbocycles. The van der Waals surface area contributed by atoms with Gasteiger partial charge in [0.15, 0.2) is 0 Å². The maximum absolute atomic E-state index is 10.4. The predicted molar refractivity (Wildman–Crippen MR) is 36.9 cm³/mol. The number of hydrogen-bond donors (Lipinski definition) is 2. The second-order valence-corrected chi connectivity index (χ2v) is 2.55. The summed E-state index contributed by atoms with van der Waals surface area (Å²) in [5.74, 6) is -1.05. The van der Waals surface area contributed by atoms with Gasteiger partial charge in [-0.25, -0.2) is 9.00 Å². The minimum atomic E-state index is -1.64. The van der Waals surface area contributed by atoms with Crippen molar-refractivity contribution in [2.24, 2.45) is 5.14 Å². The van der Waals surface area contributed by atoms with Gasteiger partial charge < -0.3 is 4.74 Å². The summed E-state index contributed by atoms with van der Waals surface area (Å²) < 4.78 is 14.4. The molecular formula is C4H8N2O3S. The summed E-state index contributed by atoms with van der Waals surface area (Å²) in [6.07, 6.45) is 0. The molecule has 0 aliphatic heterocycles. The van der Waals surface area contributed by atoms with E-state index in [4.69, 9.17) is 10.5 Å². The molecule has 10 heavy (non-hydrogen) atoms. The maximum atomic E-state index is 10.4. The summed E-state index contributed by atoms with van der Waals surface area (Å²) in [7, 11) is -0.494. The third kappa shape index (κ3) is 3.31. The number of carbonyl (C=O) groups is 1. The van der Waals surface area contributed by atoms with Gasteiger partial charge in [0.05, 0.1) is 23.8 Å². The molecule has 0 aromatic heterocycles. The fraction of sp³-hybridized carbons (Fsp3) is 0.500. The Morgan fingerprint density at radius 2 is 2.30 bits per heavy atom. The maximum Gasteiger partial charge on any atom is 0.352 e. The van der Waals surface area contributed by atoms with Crippen molar-refractivity contribution in [2.75, 3.05) is 12.9 Å². The molecule has 0 heterocycles. The van der Waals surface area contributed by atoms with Crippen LogP contribution in [0.2, 0.25) is 0 Å². The molecule has 0 aromatic carbocycles. The highest BCUT2D eigenvalue weighted by Gasteiger charge is 2.10. The Balaban J connectivity index is 3.86. The molecule has 1 unspecified atom stereocenters. The molecule has 0 radical (unpaired) electrons. The monoisotopic (exact) mass is 164 g/mol. The summed E-state index contributed by atoms with van der Waals surface area (Å²) >= 11 is 0. The van der Waals surface area contributed by atoms with E-state index in [0.29, 0.717) is 0 Å². The van der Waals surface area contributed by atoms with Gasteiger partial charge in [-0.2, -0.15) is 0 Å². The first-order valence-corrected chi connectivity index (χ1v) is 3.74. The number of nitrogens with one attached hydrogen (secondary N) is 1. The summed E-state index contributed by atoms with van der Waals surface area (Å²) in [6, 6.07) is 0. The normalized spacial score (nSPS) is 12.2. The first-order chi connectivity index (χ1) is 4.57. The van der Waals surface area contributed by atoms with Crippen molar-refractivity contribution >= 4 is 22.7 Å². The first kappa shape index (κ1) is 9.25. The van der Waals surface area contributed by atoms with Crippen molar-refractivity contribution in [1.29, 1.82) is 5.41 Å². The molecule has 0 spiro atoms. The summed E-state index contributed by atoms with van der Waals surface area (Å²) in [5, 5.41) is 11.7. The van der Waals surface area contributed by atoms with Crippen LogP contribution in [0, 0.1) is 5.41 Å². The van der Waals surface area contributed by atoms with Crippen molar-refractivity contribution in [3.05, 3.63) is 0 Å². The Morgan fingerprint density at radius 3 is 2.60 bits per heavy atom. The van der Waals surface area contributed by atoms with Crippen LogP contribution in [0.1, 0.15) is 0 Å². The van der Waals surface area contributed by atoms with Gasteiger partial charge in [0.1, 0.15) is 5.71 Å². The molecule has 0 aliphatic rings. The zero-order chi connectivity index (χ0) is 8.15. The average Bonchev–Trinajstić information content (AvgIpc) is 1.85. The lowest BCUT2D eigenvalue weighted by atomic mass is 10.4. The minimum Gasteiger partial charge on any atom is -0.465 e. The molecule has 6 heteroatoms. The number of ether oxygens (including phenoxy) is 1. The van der Waals surface area contributed by atoms with Gasteiger partial charge in [-0.15, -0.1) is 0 Å². The van der Waals surface area contributed by atoms with Crippen LogP contribution >= 0.6 is 0 Å². The number of esters is 1. The highest BCUT2D eigenvalue weighted by atomic mass is 32.2. The second kappa shape index (κ2) is 4.13. The van der Waals surface area contributed by atoms with Crippen LogP contribution in [-0.2, 0) is 20.5 Å². The van der Waals surface area contributed by atoms with E-state index in [-0.39, 0.29) is 11.5 Å². The van der Waals surface area contributed by atoms with E-state index in [0.717, 1.165) is 7.11 Å². The highest BCUT2D eigenvalue weighted by molar-refractivity contribution is 7.83. The van der Waals surface area contributed by atoms with Gasteiger partial charge in [0.25, 0.3) is 0 Å². The van der Waals surface area contributed by atoms with Crippen molar-refractivity contribution in [3.63, 3.8) is 0 Å². The van der Waals surface area contributed by atoms with E-state index in [9.17, 15) is 9.00 Å². The van der Waals surface area contributed by atoms with Crippen LogP contribution in [0.3, 0.4) is 0 Å². The summed E-state index contributed by atoms with van der Waals surface area (Å²) in [4.78, 5) is 10.4. The van der Waals surface area contributed by atoms with Gasteiger partial charge >= 0.3 is 5.97 Å². The van der Waals surface area contributed by atoms with Crippen LogP contribution in [0.15, 0.2) is 0 Å².